The SMILES string of the molecule is COc1cc(OC)cc(C(=O)N2CCCN(S(=O)(=O)c3ccc(C)cc3)CC2)c1. The van der Waals surface area contributed by atoms with Gasteiger partial charge in [-0.3, -0.25) is 4.79 Å². The van der Waals surface area contributed by atoms with E-state index >= 15 is 0 Å². The maximum Gasteiger partial charge on any atom is 0.254 e. The lowest BCUT2D eigenvalue weighted by Gasteiger charge is -2.22. The second kappa shape index (κ2) is 8.84. The van der Waals surface area contributed by atoms with Crippen molar-refractivity contribution in [2.24, 2.45) is 0 Å². The Morgan fingerprint density at radius 2 is 1.52 bits per heavy atom. The minimum absolute atomic E-state index is 0.170. The van der Waals surface area contributed by atoms with E-state index in [0.717, 1.165) is 5.56 Å². The van der Waals surface area contributed by atoms with Crippen LogP contribution in [-0.2, 0) is 10.0 Å². The molecule has 2 aromatic rings. The smallest absolute Gasteiger partial charge is 0.254 e. The number of hydrogen-bond donors (Lipinski definition) is 0. The Morgan fingerprint density at radius 1 is 0.897 bits per heavy atom. The molecule has 7 nitrogen and oxygen atoms in total. The number of aryl methyl sites for hydroxylation is 1. The van der Waals surface area contributed by atoms with Gasteiger partial charge < -0.3 is 14.4 Å². The molecule has 29 heavy (non-hydrogen) atoms. The highest BCUT2D eigenvalue weighted by atomic mass is 32.2. The summed E-state index contributed by atoms with van der Waals surface area (Å²) in [4.78, 5) is 15.0. The van der Waals surface area contributed by atoms with Crippen molar-refractivity contribution in [2.45, 2.75) is 18.2 Å². The first kappa shape index (κ1) is 21.1. The third kappa shape index (κ3) is 4.71. The molecule has 0 aliphatic carbocycles. The van der Waals surface area contributed by atoms with Crippen LogP contribution in [0.5, 0.6) is 11.5 Å². The van der Waals surface area contributed by atoms with E-state index in [1.807, 2.05) is 6.92 Å². The molecule has 1 heterocycles. The molecule has 1 aliphatic heterocycles. The standard InChI is InChI=1S/C21H26N2O5S/c1-16-5-7-20(8-6-16)29(25,26)23-10-4-9-22(11-12-23)21(24)17-13-18(27-2)15-19(14-17)28-3/h5-8,13-15H,4,9-12H2,1-3H3. The van der Waals surface area contributed by atoms with Crippen LogP contribution >= 0.6 is 0 Å². The molecular formula is C21H26N2O5S. The summed E-state index contributed by atoms with van der Waals surface area (Å²) in [5, 5.41) is 0. The molecule has 156 valence electrons. The fourth-order valence-electron chi connectivity index (χ4n) is 3.31. The first-order valence-corrected chi connectivity index (χ1v) is 10.9. The Hall–Kier alpha value is -2.58. The lowest BCUT2D eigenvalue weighted by Crippen LogP contribution is -2.37. The Morgan fingerprint density at radius 3 is 2.10 bits per heavy atom. The van der Waals surface area contributed by atoms with Gasteiger partial charge in [0.2, 0.25) is 10.0 Å². The van der Waals surface area contributed by atoms with E-state index in [-0.39, 0.29) is 17.3 Å². The molecular weight excluding hydrogens is 392 g/mol. The van der Waals surface area contributed by atoms with Crippen molar-refractivity contribution in [3.8, 4) is 11.5 Å². The maximum atomic E-state index is 13.0. The monoisotopic (exact) mass is 418 g/mol. The molecule has 1 saturated heterocycles. The summed E-state index contributed by atoms with van der Waals surface area (Å²) in [5.41, 5.74) is 1.46. The van der Waals surface area contributed by atoms with Gasteiger partial charge in [0.15, 0.2) is 0 Å². The molecule has 2 aromatic carbocycles. The van der Waals surface area contributed by atoms with Gasteiger partial charge in [-0.25, -0.2) is 8.42 Å². The number of methoxy groups -OCH3 is 2. The normalized spacial score (nSPS) is 15.6. The predicted octanol–water partition coefficient (Wildman–Crippen LogP) is 2.55. The summed E-state index contributed by atoms with van der Waals surface area (Å²) < 4.78 is 37.8. The first-order chi connectivity index (χ1) is 13.8. The molecule has 0 spiro atoms. The highest BCUT2D eigenvalue weighted by molar-refractivity contribution is 7.89. The van der Waals surface area contributed by atoms with Gasteiger partial charge in [-0.05, 0) is 37.6 Å². The lowest BCUT2D eigenvalue weighted by molar-refractivity contribution is 0.0763. The summed E-state index contributed by atoms with van der Waals surface area (Å²) in [6.07, 6.45) is 0.567. The van der Waals surface area contributed by atoms with Crippen molar-refractivity contribution in [1.29, 1.82) is 0 Å². The first-order valence-electron chi connectivity index (χ1n) is 9.44. The average Bonchev–Trinajstić information content (AvgIpc) is 3.00. The van der Waals surface area contributed by atoms with Gasteiger partial charge in [0.25, 0.3) is 5.91 Å². The van der Waals surface area contributed by atoms with E-state index in [0.29, 0.717) is 43.1 Å². The van der Waals surface area contributed by atoms with Crippen LogP contribution in [0.1, 0.15) is 22.3 Å². The van der Waals surface area contributed by atoms with Crippen molar-refractivity contribution in [3.05, 3.63) is 53.6 Å². The number of rotatable bonds is 5. The number of hydrogen-bond acceptors (Lipinski definition) is 5. The van der Waals surface area contributed by atoms with Gasteiger partial charge >= 0.3 is 0 Å². The van der Waals surface area contributed by atoms with Crippen LogP contribution in [-0.4, -0.2) is 63.9 Å². The zero-order valence-electron chi connectivity index (χ0n) is 16.9. The summed E-state index contributed by atoms with van der Waals surface area (Å²) in [5.74, 6) is 0.897. The van der Waals surface area contributed by atoms with Crippen LogP contribution in [0.25, 0.3) is 0 Å². The second-order valence-corrected chi connectivity index (χ2v) is 8.90. The number of benzene rings is 2. The number of carbonyl (C=O) groups excluding carboxylic acids is 1. The zero-order valence-corrected chi connectivity index (χ0v) is 17.7. The van der Waals surface area contributed by atoms with E-state index in [9.17, 15) is 13.2 Å². The summed E-state index contributed by atoms with van der Waals surface area (Å²) in [6, 6.07) is 11.9. The minimum Gasteiger partial charge on any atom is -0.497 e. The number of sulfonamides is 1. The third-order valence-electron chi connectivity index (χ3n) is 5.00. The highest BCUT2D eigenvalue weighted by Gasteiger charge is 2.28. The summed E-state index contributed by atoms with van der Waals surface area (Å²) in [7, 11) is -0.521. The molecule has 0 saturated carbocycles. The number of nitrogens with zero attached hydrogens (tertiary/aromatic N) is 2. The molecule has 0 aromatic heterocycles. The lowest BCUT2D eigenvalue weighted by atomic mass is 10.1. The van der Waals surface area contributed by atoms with Crippen molar-refractivity contribution in [1.82, 2.24) is 9.21 Å². The average molecular weight is 419 g/mol. The Balaban J connectivity index is 1.76. The molecule has 3 rings (SSSR count). The van der Waals surface area contributed by atoms with E-state index in [1.165, 1.54) is 18.5 Å². The minimum atomic E-state index is -3.58. The van der Waals surface area contributed by atoms with E-state index < -0.39 is 10.0 Å². The fraction of sp³-hybridized carbons (Fsp3) is 0.381. The molecule has 0 atom stereocenters. The second-order valence-electron chi connectivity index (χ2n) is 6.96. The number of amides is 1. The molecule has 1 fully saturated rings. The summed E-state index contributed by atoms with van der Waals surface area (Å²) in [6.45, 7) is 3.35. The molecule has 0 radical (unpaired) electrons. The Kier molecular flexibility index (Phi) is 6.44. The van der Waals surface area contributed by atoms with Gasteiger partial charge in [-0.1, -0.05) is 17.7 Å². The predicted molar refractivity (Wildman–Crippen MR) is 110 cm³/mol. The van der Waals surface area contributed by atoms with Gasteiger partial charge in [-0.15, -0.1) is 0 Å². The molecule has 0 bridgehead atoms. The van der Waals surface area contributed by atoms with Gasteiger partial charge in [0, 0.05) is 37.8 Å². The Labute approximate surface area is 171 Å². The molecule has 1 amide bonds. The topological polar surface area (TPSA) is 76.2 Å². The van der Waals surface area contributed by atoms with Crippen LogP contribution in [0.2, 0.25) is 0 Å². The number of carbonyl (C=O) groups is 1. The maximum absolute atomic E-state index is 13.0. The zero-order chi connectivity index (χ0) is 21.0. The quantitative estimate of drug-likeness (QED) is 0.746. The molecule has 0 N–H and O–H groups in total. The van der Waals surface area contributed by atoms with Crippen molar-refractivity contribution < 1.29 is 22.7 Å². The van der Waals surface area contributed by atoms with Crippen molar-refractivity contribution in [2.75, 3.05) is 40.4 Å². The highest BCUT2D eigenvalue weighted by Crippen LogP contribution is 2.24. The molecule has 0 unspecified atom stereocenters. The van der Waals surface area contributed by atoms with Gasteiger partial charge in [0.05, 0.1) is 19.1 Å². The largest absolute Gasteiger partial charge is 0.497 e. The van der Waals surface area contributed by atoms with Crippen molar-refractivity contribution in [3.63, 3.8) is 0 Å². The van der Waals surface area contributed by atoms with Crippen LogP contribution in [0, 0.1) is 6.92 Å². The van der Waals surface area contributed by atoms with Crippen LogP contribution in [0.15, 0.2) is 47.4 Å². The van der Waals surface area contributed by atoms with E-state index in [2.05, 4.69) is 0 Å². The molecule has 1 aliphatic rings. The van der Waals surface area contributed by atoms with Gasteiger partial charge in [-0.2, -0.15) is 4.31 Å². The van der Waals surface area contributed by atoms with E-state index in [4.69, 9.17) is 9.47 Å². The van der Waals surface area contributed by atoms with E-state index in [1.54, 1.807) is 47.4 Å². The van der Waals surface area contributed by atoms with Crippen LogP contribution in [0.3, 0.4) is 0 Å². The fourth-order valence-corrected chi connectivity index (χ4v) is 4.78. The van der Waals surface area contributed by atoms with Gasteiger partial charge in [0.1, 0.15) is 11.5 Å². The van der Waals surface area contributed by atoms with Crippen molar-refractivity contribution >= 4 is 15.9 Å². The summed E-state index contributed by atoms with van der Waals surface area (Å²) >= 11 is 0. The number of ether oxygens (including phenoxy) is 2. The van der Waals surface area contributed by atoms with Crippen LogP contribution < -0.4 is 9.47 Å². The Bertz CT molecular complexity index is 951. The third-order valence-corrected chi connectivity index (χ3v) is 6.91. The van der Waals surface area contributed by atoms with Crippen LogP contribution in [0.4, 0.5) is 0 Å². The molecule has 8 heteroatoms.